The van der Waals surface area contributed by atoms with Crippen LogP contribution in [0.3, 0.4) is 0 Å². The standard InChI is InChI=1S/C17H16ClNO4/c1-22-16-8-12(10-20)6-7-15(16)23-11-17(21)19-9-13-4-2-3-5-14(13)18/h2-8,10H,9,11H2,1H3,(H,19,21). The van der Waals surface area contributed by atoms with Crippen LogP contribution in [0.15, 0.2) is 42.5 Å². The number of rotatable bonds is 7. The van der Waals surface area contributed by atoms with Gasteiger partial charge < -0.3 is 14.8 Å². The van der Waals surface area contributed by atoms with Crippen LogP contribution < -0.4 is 14.8 Å². The summed E-state index contributed by atoms with van der Waals surface area (Å²) in [4.78, 5) is 22.6. The molecule has 0 fully saturated rings. The second-order valence-electron chi connectivity index (χ2n) is 4.68. The first-order chi connectivity index (χ1) is 11.1. The first kappa shape index (κ1) is 16.8. The molecular formula is C17H16ClNO4. The average molecular weight is 334 g/mol. The van der Waals surface area contributed by atoms with E-state index in [2.05, 4.69) is 5.32 Å². The molecule has 0 unspecified atom stereocenters. The molecule has 6 heteroatoms. The van der Waals surface area contributed by atoms with Crippen LogP contribution in [-0.2, 0) is 11.3 Å². The number of nitrogens with one attached hydrogen (secondary N) is 1. The van der Waals surface area contributed by atoms with Gasteiger partial charge in [-0.3, -0.25) is 9.59 Å². The average Bonchev–Trinajstić information content (AvgIpc) is 2.59. The molecule has 0 aromatic heterocycles. The molecule has 0 saturated heterocycles. The largest absolute Gasteiger partial charge is 0.493 e. The Kier molecular flexibility index (Phi) is 6.00. The van der Waals surface area contributed by atoms with Crippen molar-refractivity contribution in [2.24, 2.45) is 0 Å². The molecule has 1 amide bonds. The molecule has 0 heterocycles. The summed E-state index contributed by atoms with van der Waals surface area (Å²) >= 11 is 6.02. The van der Waals surface area contributed by atoms with Gasteiger partial charge in [-0.2, -0.15) is 0 Å². The highest BCUT2D eigenvalue weighted by Gasteiger charge is 2.09. The highest BCUT2D eigenvalue weighted by Crippen LogP contribution is 2.27. The molecule has 120 valence electrons. The fourth-order valence-electron chi connectivity index (χ4n) is 1.91. The van der Waals surface area contributed by atoms with Crippen LogP contribution in [-0.4, -0.2) is 25.9 Å². The van der Waals surface area contributed by atoms with Gasteiger partial charge in [0.1, 0.15) is 6.29 Å². The molecular weight excluding hydrogens is 318 g/mol. The Morgan fingerprint density at radius 2 is 2.00 bits per heavy atom. The predicted octanol–water partition coefficient (Wildman–Crippen LogP) is 2.86. The third-order valence-electron chi connectivity index (χ3n) is 3.12. The summed E-state index contributed by atoms with van der Waals surface area (Å²) < 4.78 is 10.6. The Morgan fingerprint density at radius 3 is 2.70 bits per heavy atom. The van der Waals surface area contributed by atoms with Crippen LogP contribution in [0.5, 0.6) is 11.5 Å². The number of carbonyl (C=O) groups is 2. The van der Waals surface area contributed by atoms with E-state index in [1.54, 1.807) is 24.3 Å². The van der Waals surface area contributed by atoms with Crippen LogP contribution in [0.2, 0.25) is 5.02 Å². The first-order valence-electron chi connectivity index (χ1n) is 6.90. The van der Waals surface area contributed by atoms with Crippen molar-refractivity contribution in [2.45, 2.75) is 6.54 Å². The summed E-state index contributed by atoms with van der Waals surface area (Å²) in [6, 6.07) is 12.0. The van der Waals surface area contributed by atoms with Gasteiger partial charge in [-0.1, -0.05) is 29.8 Å². The molecule has 0 atom stereocenters. The number of hydrogen-bond donors (Lipinski definition) is 1. The zero-order valence-corrected chi connectivity index (χ0v) is 13.3. The predicted molar refractivity (Wildman–Crippen MR) is 87.2 cm³/mol. The minimum atomic E-state index is -0.286. The molecule has 2 aromatic rings. The normalized spacial score (nSPS) is 10.0. The summed E-state index contributed by atoms with van der Waals surface area (Å²) in [7, 11) is 1.47. The highest BCUT2D eigenvalue weighted by molar-refractivity contribution is 6.31. The monoisotopic (exact) mass is 333 g/mol. The number of ether oxygens (including phenoxy) is 2. The summed E-state index contributed by atoms with van der Waals surface area (Å²) in [6.45, 7) is 0.157. The van der Waals surface area contributed by atoms with E-state index in [-0.39, 0.29) is 12.5 Å². The topological polar surface area (TPSA) is 64.6 Å². The van der Waals surface area contributed by atoms with Gasteiger partial charge in [0.2, 0.25) is 0 Å². The van der Waals surface area contributed by atoms with Crippen LogP contribution in [0.25, 0.3) is 0 Å². The lowest BCUT2D eigenvalue weighted by Crippen LogP contribution is -2.28. The van der Waals surface area contributed by atoms with Gasteiger partial charge in [0.15, 0.2) is 18.1 Å². The summed E-state index contributed by atoms with van der Waals surface area (Å²) in [5, 5.41) is 3.32. The van der Waals surface area contributed by atoms with Crippen LogP contribution >= 0.6 is 11.6 Å². The second-order valence-corrected chi connectivity index (χ2v) is 5.09. The molecule has 5 nitrogen and oxygen atoms in total. The molecule has 23 heavy (non-hydrogen) atoms. The van der Waals surface area contributed by atoms with E-state index in [1.165, 1.54) is 7.11 Å². The summed E-state index contributed by atoms with van der Waals surface area (Å²) in [6.07, 6.45) is 0.711. The van der Waals surface area contributed by atoms with Crippen molar-refractivity contribution in [1.29, 1.82) is 0 Å². The minimum absolute atomic E-state index is 0.165. The fraction of sp³-hybridized carbons (Fsp3) is 0.176. The Balaban J connectivity index is 1.89. The van der Waals surface area contributed by atoms with E-state index in [9.17, 15) is 9.59 Å². The van der Waals surface area contributed by atoms with Crippen molar-refractivity contribution in [1.82, 2.24) is 5.32 Å². The van der Waals surface area contributed by atoms with Gasteiger partial charge in [-0.05, 0) is 29.8 Å². The quantitative estimate of drug-likeness (QED) is 0.791. The van der Waals surface area contributed by atoms with E-state index < -0.39 is 0 Å². The Labute approximate surface area is 139 Å². The number of amides is 1. The SMILES string of the molecule is COc1cc(C=O)ccc1OCC(=O)NCc1ccccc1Cl. The van der Waals surface area contributed by atoms with Crippen LogP contribution in [0, 0.1) is 0 Å². The van der Waals surface area contributed by atoms with Crippen molar-refractivity contribution in [3.63, 3.8) is 0 Å². The van der Waals surface area contributed by atoms with E-state index in [0.29, 0.717) is 34.9 Å². The van der Waals surface area contributed by atoms with Gasteiger partial charge in [0.25, 0.3) is 5.91 Å². The number of benzene rings is 2. The van der Waals surface area contributed by atoms with E-state index in [4.69, 9.17) is 21.1 Å². The number of methoxy groups -OCH3 is 1. The zero-order chi connectivity index (χ0) is 16.7. The molecule has 1 N–H and O–H groups in total. The summed E-state index contributed by atoms with van der Waals surface area (Å²) in [5.41, 5.74) is 1.30. The number of halogens is 1. The fourth-order valence-corrected chi connectivity index (χ4v) is 2.11. The minimum Gasteiger partial charge on any atom is -0.493 e. The molecule has 0 aliphatic carbocycles. The highest BCUT2D eigenvalue weighted by atomic mass is 35.5. The second kappa shape index (κ2) is 8.19. The van der Waals surface area contributed by atoms with Crippen LogP contribution in [0.4, 0.5) is 0 Å². The molecule has 0 radical (unpaired) electrons. The molecule has 0 spiro atoms. The van der Waals surface area contributed by atoms with Gasteiger partial charge in [0.05, 0.1) is 7.11 Å². The van der Waals surface area contributed by atoms with Gasteiger partial charge in [-0.25, -0.2) is 0 Å². The lowest BCUT2D eigenvalue weighted by Gasteiger charge is -2.11. The number of hydrogen-bond acceptors (Lipinski definition) is 4. The van der Waals surface area contributed by atoms with Crippen molar-refractivity contribution in [2.75, 3.05) is 13.7 Å². The van der Waals surface area contributed by atoms with E-state index >= 15 is 0 Å². The molecule has 2 rings (SSSR count). The third kappa shape index (κ3) is 4.72. The van der Waals surface area contributed by atoms with Crippen molar-refractivity contribution >= 4 is 23.8 Å². The number of carbonyl (C=O) groups excluding carboxylic acids is 2. The van der Waals surface area contributed by atoms with E-state index in [0.717, 1.165) is 5.56 Å². The van der Waals surface area contributed by atoms with E-state index in [1.807, 2.05) is 18.2 Å². The number of aldehydes is 1. The maximum atomic E-state index is 11.8. The Bertz CT molecular complexity index is 703. The maximum absolute atomic E-state index is 11.8. The first-order valence-corrected chi connectivity index (χ1v) is 7.28. The molecule has 0 aliphatic heterocycles. The summed E-state index contributed by atoms with van der Waals surface area (Å²) in [5.74, 6) is 0.505. The molecule has 0 saturated carbocycles. The Morgan fingerprint density at radius 1 is 1.22 bits per heavy atom. The molecule has 0 bridgehead atoms. The van der Waals surface area contributed by atoms with Gasteiger partial charge >= 0.3 is 0 Å². The maximum Gasteiger partial charge on any atom is 0.258 e. The Hall–Kier alpha value is -2.53. The molecule has 2 aromatic carbocycles. The lowest BCUT2D eigenvalue weighted by atomic mass is 10.2. The lowest BCUT2D eigenvalue weighted by molar-refractivity contribution is -0.123. The zero-order valence-electron chi connectivity index (χ0n) is 12.5. The third-order valence-corrected chi connectivity index (χ3v) is 3.49. The van der Waals surface area contributed by atoms with Crippen molar-refractivity contribution in [3.8, 4) is 11.5 Å². The van der Waals surface area contributed by atoms with Gasteiger partial charge in [0, 0.05) is 17.1 Å². The van der Waals surface area contributed by atoms with Crippen LogP contribution in [0.1, 0.15) is 15.9 Å². The van der Waals surface area contributed by atoms with Crippen molar-refractivity contribution in [3.05, 3.63) is 58.6 Å². The smallest absolute Gasteiger partial charge is 0.258 e. The molecule has 0 aliphatic rings. The van der Waals surface area contributed by atoms with Gasteiger partial charge in [-0.15, -0.1) is 0 Å². The van der Waals surface area contributed by atoms with Crippen molar-refractivity contribution < 1.29 is 19.1 Å².